The Hall–Kier alpha value is 0.130. The van der Waals surface area contributed by atoms with Gasteiger partial charge in [0, 0.05) is 13.1 Å². The summed E-state index contributed by atoms with van der Waals surface area (Å²) in [5, 5.41) is 0. The number of amides is 1. The predicted molar refractivity (Wildman–Crippen MR) is 76.5 cm³/mol. The maximum atomic E-state index is 12.4. The van der Waals surface area contributed by atoms with E-state index in [0.717, 1.165) is 38.1 Å². The van der Waals surface area contributed by atoms with Crippen molar-refractivity contribution in [2.75, 3.05) is 13.1 Å². The number of fused-ring (bicyclic) bond motifs is 1. The Labute approximate surface area is 122 Å². The molecule has 0 spiro atoms. The summed E-state index contributed by atoms with van der Waals surface area (Å²) in [4.78, 5) is 14.4. The van der Waals surface area contributed by atoms with Gasteiger partial charge in [0.2, 0.25) is 0 Å². The summed E-state index contributed by atoms with van der Waals surface area (Å²) in [7, 11) is 0. The molecule has 92 valence electrons. The highest BCUT2D eigenvalue weighted by Gasteiger charge is 2.38. The van der Waals surface area contributed by atoms with Gasteiger partial charge >= 0.3 is 0 Å². The van der Waals surface area contributed by atoms with E-state index in [1.807, 2.05) is 11.0 Å². The second-order valence-electron chi connectivity index (χ2n) is 4.90. The van der Waals surface area contributed by atoms with Gasteiger partial charge in [-0.25, -0.2) is 0 Å². The Morgan fingerprint density at radius 1 is 1.29 bits per heavy atom. The fourth-order valence-electron chi connectivity index (χ4n) is 3.06. The quantitative estimate of drug-likeness (QED) is 0.718. The van der Waals surface area contributed by atoms with E-state index in [4.69, 9.17) is 0 Å². The summed E-state index contributed by atoms with van der Waals surface area (Å²) in [5.41, 5.74) is 0.807. The SMILES string of the molecule is O=C(c1cc(Br)sc1Br)N1CC2CCCC2C1. The Balaban J connectivity index is 1.77. The number of carbonyl (C=O) groups excluding carboxylic acids is 1. The maximum absolute atomic E-state index is 12.4. The van der Waals surface area contributed by atoms with Gasteiger partial charge in [0.1, 0.15) is 0 Å². The molecule has 1 aliphatic carbocycles. The molecule has 0 radical (unpaired) electrons. The summed E-state index contributed by atoms with van der Waals surface area (Å²) in [6.45, 7) is 1.92. The summed E-state index contributed by atoms with van der Waals surface area (Å²) < 4.78 is 1.94. The number of likely N-dealkylation sites (tertiary alicyclic amines) is 1. The second-order valence-corrected chi connectivity index (χ2v) is 8.65. The molecule has 0 aromatic carbocycles. The Morgan fingerprint density at radius 2 is 1.94 bits per heavy atom. The van der Waals surface area contributed by atoms with E-state index in [2.05, 4.69) is 31.9 Å². The molecule has 2 heterocycles. The molecule has 2 unspecified atom stereocenters. The normalized spacial score (nSPS) is 27.5. The van der Waals surface area contributed by atoms with Crippen LogP contribution in [0.25, 0.3) is 0 Å². The first kappa shape index (κ1) is 12.2. The highest BCUT2D eigenvalue weighted by molar-refractivity contribution is 9.12. The van der Waals surface area contributed by atoms with Crippen molar-refractivity contribution in [3.63, 3.8) is 0 Å². The Bertz CT molecular complexity index is 447. The monoisotopic (exact) mass is 377 g/mol. The number of thiophene rings is 1. The molecule has 0 bridgehead atoms. The van der Waals surface area contributed by atoms with Gasteiger partial charge in [-0.05, 0) is 62.6 Å². The summed E-state index contributed by atoms with van der Waals surface area (Å²) in [5.74, 6) is 1.72. The molecule has 5 heteroatoms. The van der Waals surface area contributed by atoms with Crippen LogP contribution in [0.5, 0.6) is 0 Å². The lowest BCUT2D eigenvalue weighted by Crippen LogP contribution is -2.29. The van der Waals surface area contributed by atoms with Gasteiger partial charge in [-0.2, -0.15) is 0 Å². The lowest BCUT2D eigenvalue weighted by Gasteiger charge is -2.16. The van der Waals surface area contributed by atoms with Crippen molar-refractivity contribution in [1.29, 1.82) is 0 Å². The molecular weight excluding hydrogens is 366 g/mol. The highest BCUT2D eigenvalue weighted by Crippen LogP contribution is 2.39. The molecule has 1 aliphatic heterocycles. The fourth-order valence-corrected chi connectivity index (χ4v) is 5.83. The number of carbonyl (C=O) groups is 1. The standard InChI is InChI=1S/C12H13Br2NOS/c13-10-4-9(11(14)17-10)12(16)15-5-7-2-1-3-8(7)6-15/h4,7-8H,1-3,5-6H2. The molecule has 3 rings (SSSR count). The van der Waals surface area contributed by atoms with Crippen molar-refractivity contribution in [2.45, 2.75) is 19.3 Å². The molecule has 2 fully saturated rings. The van der Waals surface area contributed by atoms with Crippen LogP contribution in [0.2, 0.25) is 0 Å². The van der Waals surface area contributed by atoms with Crippen LogP contribution in [-0.4, -0.2) is 23.9 Å². The van der Waals surface area contributed by atoms with Gasteiger partial charge in [-0.15, -0.1) is 11.3 Å². The lowest BCUT2D eigenvalue weighted by molar-refractivity contribution is 0.0780. The van der Waals surface area contributed by atoms with Gasteiger partial charge in [0.25, 0.3) is 5.91 Å². The molecule has 1 aromatic rings. The molecule has 0 N–H and O–H groups in total. The van der Waals surface area contributed by atoms with E-state index in [0.29, 0.717) is 0 Å². The van der Waals surface area contributed by atoms with Crippen molar-refractivity contribution in [3.05, 3.63) is 19.2 Å². The number of hydrogen-bond acceptors (Lipinski definition) is 2. The summed E-state index contributed by atoms with van der Waals surface area (Å²) in [6, 6.07) is 1.92. The third-order valence-electron chi connectivity index (χ3n) is 3.90. The number of hydrogen-bond donors (Lipinski definition) is 0. The smallest absolute Gasteiger partial charge is 0.255 e. The van der Waals surface area contributed by atoms with Crippen molar-refractivity contribution in [1.82, 2.24) is 4.90 Å². The average Bonchev–Trinajstić information content (AvgIpc) is 2.90. The van der Waals surface area contributed by atoms with Gasteiger partial charge in [-0.3, -0.25) is 4.79 Å². The third kappa shape index (κ3) is 2.22. The molecule has 1 aromatic heterocycles. The zero-order chi connectivity index (χ0) is 12.0. The largest absolute Gasteiger partial charge is 0.338 e. The van der Waals surface area contributed by atoms with Crippen LogP contribution in [0.4, 0.5) is 0 Å². The van der Waals surface area contributed by atoms with Crippen LogP contribution in [0, 0.1) is 11.8 Å². The fraction of sp³-hybridized carbons (Fsp3) is 0.583. The van der Waals surface area contributed by atoms with Crippen LogP contribution in [0.1, 0.15) is 29.6 Å². The Morgan fingerprint density at radius 3 is 2.47 bits per heavy atom. The van der Waals surface area contributed by atoms with Crippen molar-refractivity contribution in [2.24, 2.45) is 11.8 Å². The van der Waals surface area contributed by atoms with Crippen LogP contribution in [-0.2, 0) is 0 Å². The number of rotatable bonds is 1. The molecule has 2 aliphatic rings. The highest BCUT2D eigenvalue weighted by atomic mass is 79.9. The van der Waals surface area contributed by atoms with Gasteiger partial charge in [0.15, 0.2) is 0 Å². The molecule has 17 heavy (non-hydrogen) atoms. The van der Waals surface area contributed by atoms with Crippen molar-refractivity contribution in [3.8, 4) is 0 Å². The summed E-state index contributed by atoms with van der Waals surface area (Å²) in [6.07, 6.45) is 3.97. The molecule has 1 saturated heterocycles. The second kappa shape index (κ2) is 4.67. The third-order valence-corrected chi connectivity index (χ3v) is 6.24. The first-order valence-corrected chi connectivity index (χ1v) is 8.29. The minimum absolute atomic E-state index is 0.188. The van der Waals surface area contributed by atoms with Crippen LogP contribution in [0.15, 0.2) is 13.6 Å². The number of nitrogens with zero attached hydrogens (tertiary/aromatic N) is 1. The molecule has 2 atom stereocenters. The van der Waals surface area contributed by atoms with Crippen LogP contribution >= 0.6 is 43.2 Å². The van der Waals surface area contributed by atoms with E-state index in [1.54, 1.807) is 11.3 Å². The van der Waals surface area contributed by atoms with E-state index < -0.39 is 0 Å². The lowest BCUT2D eigenvalue weighted by atomic mass is 10.0. The first-order chi connectivity index (χ1) is 8.15. The van der Waals surface area contributed by atoms with E-state index in [-0.39, 0.29) is 5.91 Å². The topological polar surface area (TPSA) is 20.3 Å². The molecular formula is C12H13Br2NOS. The molecule has 2 nitrogen and oxygen atoms in total. The minimum Gasteiger partial charge on any atom is -0.338 e. The van der Waals surface area contributed by atoms with Crippen molar-refractivity contribution < 1.29 is 4.79 Å². The maximum Gasteiger partial charge on any atom is 0.255 e. The van der Waals surface area contributed by atoms with Crippen LogP contribution in [0.3, 0.4) is 0 Å². The predicted octanol–water partition coefficient (Wildman–Crippen LogP) is 4.15. The van der Waals surface area contributed by atoms with E-state index >= 15 is 0 Å². The van der Waals surface area contributed by atoms with E-state index in [1.165, 1.54) is 19.3 Å². The van der Waals surface area contributed by atoms with Gasteiger partial charge in [-0.1, -0.05) is 6.42 Å². The van der Waals surface area contributed by atoms with Gasteiger partial charge < -0.3 is 4.90 Å². The van der Waals surface area contributed by atoms with Gasteiger partial charge in [0.05, 0.1) is 13.1 Å². The van der Waals surface area contributed by atoms with Crippen molar-refractivity contribution >= 4 is 49.1 Å². The Kier molecular flexibility index (Phi) is 3.34. The first-order valence-electron chi connectivity index (χ1n) is 5.89. The average molecular weight is 379 g/mol. The number of halogens is 2. The van der Waals surface area contributed by atoms with Crippen LogP contribution < -0.4 is 0 Å². The summed E-state index contributed by atoms with van der Waals surface area (Å²) >= 11 is 8.46. The molecule has 1 amide bonds. The zero-order valence-electron chi connectivity index (χ0n) is 9.29. The molecule has 1 saturated carbocycles. The zero-order valence-corrected chi connectivity index (χ0v) is 13.3. The minimum atomic E-state index is 0.188. The van der Waals surface area contributed by atoms with E-state index in [9.17, 15) is 4.79 Å².